The first-order valence-electron chi connectivity index (χ1n) is 8.57. The first kappa shape index (κ1) is 16.4. The number of amides is 1. The summed E-state index contributed by atoms with van der Waals surface area (Å²) in [5, 5.41) is 11.5. The fourth-order valence-corrected chi connectivity index (χ4v) is 2.86. The summed E-state index contributed by atoms with van der Waals surface area (Å²) in [4.78, 5) is 14.5. The number of nitrogens with one attached hydrogen (secondary N) is 1. The molecule has 0 saturated carbocycles. The van der Waals surface area contributed by atoms with Crippen LogP contribution in [0, 0.1) is 5.92 Å². The summed E-state index contributed by atoms with van der Waals surface area (Å²) in [5.41, 5.74) is 2.96. The van der Waals surface area contributed by atoms with Gasteiger partial charge in [0.05, 0.1) is 0 Å². The van der Waals surface area contributed by atoms with Gasteiger partial charge in [-0.3, -0.25) is 4.79 Å². The van der Waals surface area contributed by atoms with Crippen molar-refractivity contribution in [3.8, 4) is 0 Å². The Morgan fingerprint density at radius 1 is 1.17 bits per heavy atom. The second kappa shape index (κ2) is 7.43. The van der Waals surface area contributed by atoms with E-state index in [-0.39, 0.29) is 5.91 Å². The molecule has 1 N–H and O–H groups in total. The van der Waals surface area contributed by atoms with E-state index in [0.717, 1.165) is 31.7 Å². The number of aromatic nitrogens is 2. The summed E-state index contributed by atoms with van der Waals surface area (Å²) >= 11 is 0. The normalized spacial score (nSPS) is 13.7. The molecule has 1 amide bonds. The van der Waals surface area contributed by atoms with Crippen LogP contribution < -0.4 is 5.32 Å². The molecule has 2 aromatic rings. The maximum Gasteiger partial charge on any atom is 0.274 e. The summed E-state index contributed by atoms with van der Waals surface area (Å²) in [6, 6.07) is 11.9. The fraction of sp³-hybridized carbons (Fsp3) is 0.421. The lowest BCUT2D eigenvalue weighted by Crippen LogP contribution is -2.36. The zero-order chi connectivity index (χ0) is 16.9. The van der Waals surface area contributed by atoms with Crippen LogP contribution in [0.2, 0.25) is 0 Å². The van der Waals surface area contributed by atoms with Gasteiger partial charge in [-0.25, -0.2) is 0 Å². The standard InChI is InChI=1S/C19H24N4O/c1-14(2)9-11-20-18-8-7-17(21-22-18)19(24)23-12-10-15-5-3-4-6-16(15)13-23/h3-8,14H,9-13H2,1-2H3,(H,20,22). The Kier molecular flexibility index (Phi) is 5.08. The largest absolute Gasteiger partial charge is 0.369 e. The Morgan fingerprint density at radius 2 is 1.96 bits per heavy atom. The van der Waals surface area contributed by atoms with Gasteiger partial charge in [0.25, 0.3) is 5.91 Å². The van der Waals surface area contributed by atoms with Gasteiger partial charge in [-0.1, -0.05) is 38.1 Å². The summed E-state index contributed by atoms with van der Waals surface area (Å²) in [6.45, 7) is 6.61. The molecule has 0 atom stereocenters. The summed E-state index contributed by atoms with van der Waals surface area (Å²) in [7, 11) is 0. The van der Waals surface area contributed by atoms with Gasteiger partial charge in [0.1, 0.15) is 5.82 Å². The number of hydrogen-bond donors (Lipinski definition) is 1. The molecule has 1 aromatic carbocycles. The molecule has 126 valence electrons. The van der Waals surface area contributed by atoms with E-state index < -0.39 is 0 Å². The third-order valence-corrected chi connectivity index (χ3v) is 4.33. The zero-order valence-electron chi connectivity index (χ0n) is 14.3. The van der Waals surface area contributed by atoms with Crippen molar-refractivity contribution < 1.29 is 4.79 Å². The highest BCUT2D eigenvalue weighted by Crippen LogP contribution is 2.19. The number of benzene rings is 1. The SMILES string of the molecule is CC(C)CCNc1ccc(C(=O)N2CCc3ccccc3C2)nn1. The van der Waals surface area contributed by atoms with Crippen LogP contribution in [0.1, 0.15) is 41.9 Å². The van der Waals surface area contributed by atoms with Gasteiger partial charge in [0.2, 0.25) is 0 Å². The Bertz CT molecular complexity index is 697. The predicted molar refractivity (Wildman–Crippen MR) is 94.9 cm³/mol. The zero-order valence-corrected chi connectivity index (χ0v) is 14.3. The Labute approximate surface area is 143 Å². The Morgan fingerprint density at radius 3 is 2.67 bits per heavy atom. The molecule has 0 radical (unpaired) electrons. The summed E-state index contributed by atoms with van der Waals surface area (Å²) in [6.07, 6.45) is 1.97. The van der Waals surface area contributed by atoms with Crippen LogP contribution in [0.25, 0.3) is 0 Å². The molecule has 5 heteroatoms. The lowest BCUT2D eigenvalue weighted by atomic mass is 10.00. The molecule has 2 heterocycles. The van der Waals surface area contributed by atoms with Gasteiger partial charge in [0, 0.05) is 19.6 Å². The van der Waals surface area contributed by atoms with Crippen molar-refractivity contribution in [2.45, 2.75) is 33.2 Å². The van der Waals surface area contributed by atoms with Crippen molar-refractivity contribution in [3.05, 3.63) is 53.2 Å². The average molecular weight is 324 g/mol. The minimum Gasteiger partial charge on any atom is -0.369 e. The van der Waals surface area contributed by atoms with Gasteiger partial charge in [-0.15, -0.1) is 10.2 Å². The molecule has 1 aliphatic heterocycles. The van der Waals surface area contributed by atoms with Gasteiger partial charge in [-0.05, 0) is 42.0 Å². The lowest BCUT2D eigenvalue weighted by molar-refractivity contribution is 0.0727. The van der Waals surface area contributed by atoms with Crippen molar-refractivity contribution in [1.82, 2.24) is 15.1 Å². The smallest absolute Gasteiger partial charge is 0.274 e. The van der Waals surface area contributed by atoms with Crippen molar-refractivity contribution in [2.24, 2.45) is 5.92 Å². The maximum atomic E-state index is 12.6. The molecule has 0 aliphatic carbocycles. The first-order valence-corrected chi connectivity index (χ1v) is 8.57. The van der Waals surface area contributed by atoms with Crippen molar-refractivity contribution in [2.75, 3.05) is 18.4 Å². The number of carbonyl (C=O) groups excluding carboxylic acids is 1. The van der Waals surface area contributed by atoms with Crippen LogP contribution in [-0.4, -0.2) is 34.1 Å². The van der Waals surface area contributed by atoms with Crippen LogP contribution in [-0.2, 0) is 13.0 Å². The van der Waals surface area contributed by atoms with E-state index in [1.807, 2.05) is 23.1 Å². The van der Waals surface area contributed by atoms with E-state index in [9.17, 15) is 4.79 Å². The second-order valence-electron chi connectivity index (χ2n) is 6.66. The molecular formula is C19H24N4O. The van der Waals surface area contributed by atoms with Crippen LogP contribution in [0.3, 0.4) is 0 Å². The Hall–Kier alpha value is -2.43. The third kappa shape index (κ3) is 3.91. The second-order valence-corrected chi connectivity index (χ2v) is 6.66. The highest BCUT2D eigenvalue weighted by molar-refractivity contribution is 5.92. The minimum absolute atomic E-state index is 0.0502. The molecule has 24 heavy (non-hydrogen) atoms. The van der Waals surface area contributed by atoms with Gasteiger partial charge in [0.15, 0.2) is 5.69 Å². The van der Waals surface area contributed by atoms with E-state index in [1.54, 1.807) is 6.07 Å². The number of hydrogen-bond acceptors (Lipinski definition) is 4. The number of rotatable bonds is 5. The third-order valence-electron chi connectivity index (χ3n) is 4.33. The Balaban J connectivity index is 1.61. The molecule has 0 saturated heterocycles. The molecule has 0 fully saturated rings. The highest BCUT2D eigenvalue weighted by atomic mass is 16.2. The van der Waals surface area contributed by atoms with Gasteiger partial charge in [-0.2, -0.15) is 0 Å². The van der Waals surface area contributed by atoms with Crippen LogP contribution in [0.5, 0.6) is 0 Å². The van der Waals surface area contributed by atoms with Crippen molar-refractivity contribution in [1.29, 1.82) is 0 Å². The van der Waals surface area contributed by atoms with Crippen molar-refractivity contribution in [3.63, 3.8) is 0 Å². The monoisotopic (exact) mass is 324 g/mol. The van der Waals surface area contributed by atoms with E-state index in [4.69, 9.17) is 0 Å². The van der Waals surface area contributed by atoms with Crippen LogP contribution in [0.4, 0.5) is 5.82 Å². The lowest BCUT2D eigenvalue weighted by Gasteiger charge is -2.28. The van der Waals surface area contributed by atoms with E-state index in [0.29, 0.717) is 18.2 Å². The molecule has 1 aromatic heterocycles. The van der Waals surface area contributed by atoms with Crippen molar-refractivity contribution >= 4 is 11.7 Å². The molecule has 3 rings (SSSR count). The summed E-state index contributed by atoms with van der Waals surface area (Å²) in [5.74, 6) is 1.32. The number of nitrogens with zero attached hydrogens (tertiary/aromatic N) is 3. The maximum absolute atomic E-state index is 12.6. The average Bonchev–Trinajstić information content (AvgIpc) is 2.61. The van der Waals surface area contributed by atoms with Gasteiger partial charge >= 0.3 is 0 Å². The number of fused-ring (bicyclic) bond motifs is 1. The minimum atomic E-state index is -0.0502. The van der Waals surface area contributed by atoms with Crippen LogP contribution >= 0.6 is 0 Å². The fourth-order valence-electron chi connectivity index (χ4n) is 2.86. The predicted octanol–water partition coefficient (Wildman–Crippen LogP) is 3.13. The van der Waals surface area contributed by atoms with Crippen LogP contribution in [0.15, 0.2) is 36.4 Å². The molecule has 0 unspecified atom stereocenters. The molecule has 0 bridgehead atoms. The number of carbonyl (C=O) groups is 1. The highest BCUT2D eigenvalue weighted by Gasteiger charge is 2.22. The van der Waals surface area contributed by atoms with E-state index in [2.05, 4.69) is 41.5 Å². The first-order chi connectivity index (χ1) is 11.6. The topological polar surface area (TPSA) is 58.1 Å². The molecular weight excluding hydrogens is 300 g/mol. The van der Waals surface area contributed by atoms with Gasteiger partial charge < -0.3 is 10.2 Å². The molecule has 1 aliphatic rings. The molecule has 5 nitrogen and oxygen atoms in total. The van der Waals surface area contributed by atoms with E-state index >= 15 is 0 Å². The summed E-state index contributed by atoms with van der Waals surface area (Å²) < 4.78 is 0. The number of anilines is 1. The van der Waals surface area contributed by atoms with E-state index in [1.165, 1.54) is 11.1 Å². The molecule has 0 spiro atoms. The quantitative estimate of drug-likeness (QED) is 0.918.